The van der Waals surface area contributed by atoms with E-state index in [1.54, 1.807) is 0 Å². The molecule has 6 rings (SSSR count). The monoisotopic (exact) mass is 589 g/mol. The first-order valence-electron chi connectivity index (χ1n) is 16.0. The topological polar surface area (TPSA) is 54.0 Å². The molecule has 1 unspecified atom stereocenters. The Morgan fingerprint density at radius 3 is 1.77 bits per heavy atom. The van der Waals surface area contributed by atoms with Gasteiger partial charge in [0, 0.05) is 50.7 Å². The number of ether oxygens (including phenoxy) is 2. The van der Waals surface area contributed by atoms with Gasteiger partial charge in [0.25, 0.3) is 5.91 Å². The van der Waals surface area contributed by atoms with Crippen LogP contribution in [0.1, 0.15) is 51.8 Å². The van der Waals surface area contributed by atoms with E-state index in [2.05, 4.69) is 87.9 Å². The Bertz CT molecular complexity index is 1380. The van der Waals surface area contributed by atoms with Gasteiger partial charge in [-0.1, -0.05) is 91.0 Å². The van der Waals surface area contributed by atoms with E-state index in [0.717, 1.165) is 76.6 Å². The minimum absolute atomic E-state index is 0.0710. The molecule has 44 heavy (non-hydrogen) atoms. The normalized spacial score (nSPS) is 17.3. The number of benzene rings is 4. The van der Waals surface area contributed by atoms with Crippen LogP contribution in [0, 0.1) is 0 Å². The standard InChI is InChI=1S/C38H43N3O3/c42-38(39-37(32-14-8-3-9-15-32)29-41-24-26-43-27-25-41)33-16-18-34(19-17-33)44-35-20-22-40(23-21-35)28-36(30-10-4-1-5-11-30)31-12-6-2-7-13-31/h1-19,35-37H,20-29H2,(H,39,42). The summed E-state index contributed by atoms with van der Waals surface area (Å²) >= 11 is 0. The molecule has 6 heteroatoms. The average molecular weight is 590 g/mol. The number of morpholine rings is 1. The van der Waals surface area contributed by atoms with Crippen LogP contribution >= 0.6 is 0 Å². The van der Waals surface area contributed by atoms with E-state index in [0.29, 0.717) is 11.5 Å². The van der Waals surface area contributed by atoms with Gasteiger partial charge in [-0.15, -0.1) is 0 Å². The van der Waals surface area contributed by atoms with Crippen molar-refractivity contribution in [3.63, 3.8) is 0 Å². The summed E-state index contributed by atoms with van der Waals surface area (Å²) in [6.07, 6.45) is 2.14. The fourth-order valence-electron chi connectivity index (χ4n) is 6.32. The van der Waals surface area contributed by atoms with Crippen LogP contribution in [-0.2, 0) is 4.74 Å². The van der Waals surface area contributed by atoms with E-state index in [1.807, 2.05) is 42.5 Å². The Kier molecular flexibility index (Phi) is 10.4. The van der Waals surface area contributed by atoms with E-state index in [1.165, 1.54) is 11.1 Å². The van der Waals surface area contributed by atoms with Crippen LogP contribution in [0.5, 0.6) is 5.75 Å². The zero-order valence-electron chi connectivity index (χ0n) is 25.4. The summed E-state index contributed by atoms with van der Waals surface area (Å²) in [5.74, 6) is 1.10. The van der Waals surface area contributed by atoms with E-state index in [-0.39, 0.29) is 18.1 Å². The molecular weight excluding hydrogens is 546 g/mol. The van der Waals surface area contributed by atoms with Gasteiger partial charge in [-0.2, -0.15) is 0 Å². The molecular formula is C38H43N3O3. The molecule has 2 fully saturated rings. The summed E-state index contributed by atoms with van der Waals surface area (Å²) in [5, 5.41) is 3.27. The Morgan fingerprint density at radius 1 is 0.682 bits per heavy atom. The van der Waals surface area contributed by atoms with Crippen molar-refractivity contribution in [1.82, 2.24) is 15.1 Å². The molecule has 0 aliphatic carbocycles. The third kappa shape index (κ3) is 8.14. The van der Waals surface area contributed by atoms with Gasteiger partial charge in [-0.25, -0.2) is 0 Å². The van der Waals surface area contributed by atoms with Crippen molar-refractivity contribution in [2.45, 2.75) is 30.9 Å². The molecule has 0 saturated carbocycles. The lowest BCUT2D eigenvalue weighted by atomic mass is 9.90. The highest BCUT2D eigenvalue weighted by Crippen LogP contribution is 2.28. The molecule has 0 bridgehead atoms. The van der Waals surface area contributed by atoms with Crippen molar-refractivity contribution in [3.8, 4) is 5.75 Å². The van der Waals surface area contributed by atoms with Crippen LogP contribution in [0.15, 0.2) is 115 Å². The van der Waals surface area contributed by atoms with Gasteiger partial charge in [-0.3, -0.25) is 9.69 Å². The van der Waals surface area contributed by atoms with E-state index >= 15 is 0 Å². The largest absolute Gasteiger partial charge is 0.490 e. The summed E-state index contributed by atoms with van der Waals surface area (Å²) in [5.41, 5.74) is 4.47. The molecule has 2 aliphatic heterocycles. The molecule has 228 valence electrons. The lowest BCUT2D eigenvalue weighted by Gasteiger charge is -2.34. The van der Waals surface area contributed by atoms with Crippen molar-refractivity contribution < 1.29 is 14.3 Å². The Labute approximate surface area is 261 Å². The number of hydrogen-bond donors (Lipinski definition) is 1. The number of likely N-dealkylation sites (tertiary alicyclic amines) is 1. The van der Waals surface area contributed by atoms with Gasteiger partial charge in [0.05, 0.1) is 19.3 Å². The van der Waals surface area contributed by atoms with Gasteiger partial charge in [0.15, 0.2) is 0 Å². The van der Waals surface area contributed by atoms with Crippen molar-refractivity contribution in [1.29, 1.82) is 0 Å². The number of piperidine rings is 1. The fourth-order valence-corrected chi connectivity index (χ4v) is 6.32. The van der Waals surface area contributed by atoms with Crippen LogP contribution in [0.2, 0.25) is 0 Å². The molecule has 2 saturated heterocycles. The highest BCUT2D eigenvalue weighted by atomic mass is 16.5. The van der Waals surface area contributed by atoms with Crippen molar-refractivity contribution in [2.75, 3.05) is 52.5 Å². The van der Waals surface area contributed by atoms with Crippen LogP contribution in [0.4, 0.5) is 0 Å². The van der Waals surface area contributed by atoms with Crippen molar-refractivity contribution >= 4 is 5.91 Å². The van der Waals surface area contributed by atoms with E-state index < -0.39 is 0 Å². The van der Waals surface area contributed by atoms with Crippen molar-refractivity contribution in [3.05, 3.63) is 138 Å². The Morgan fingerprint density at radius 2 is 1.20 bits per heavy atom. The first-order valence-corrected chi connectivity index (χ1v) is 16.0. The molecule has 6 nitrogen and oxygen atoms in total. The number of carbonyl (C=O) groups is 1. The molecule has 4 aromatic carbocycles. The zero-order chi connectivity index (χ0) is 30.0. The summed E-state index contributed by atoms with van der Waals surface area (Å²) < 4.78 is 11.9. The maximum absolute atomic E-state index is 13.3. The summed E-state index contributed by atoms with van der Waals surface area (Å²) in [6, 6.07) is 39.4. The maximum Gasteiger partial charge on any atom is 0.251 e. The molecule has 1 atom stereocenters. The smallest absolute Gasteiger partial charge is 0.251 e. The minimum Gasteiger partial charge on any atom is -0.490 e. The number of amides is 1. The Hall–Kier alpha value is -3.97. The molecule has 1 amide bonds. The SMILES string of the molecule is O=C(NC(CN1CCOCC1)c1ccccc1)c1ccc(OC2CCN(CC(c3ccccc3)c3ccccc3)CC2)cc1. The predicted octanol–water partition coefficient (Wildman–Crippen LogP) is 6.17. The van der Waals surface area contributed by atoms with Crippen LogP contribution in [0.3, 0.4) is 0 Å². The third-order valence-corrected chi connectivity index (χ3v) is 8.85. The van der Waals surface area contributed by atoms with Crippen LogP contribution in [0.25, 0.3) is 0 Å². The van der Waals surface area contributed by atoms with Gasteiger partial charge in [0.1, 0.15) is 11.9 Å². The lowest BCUT2D eigenvalue weighted by Crippen LogP contribution is -2.43. The molecule has 0 spiro atoms. The number of rotatable bonds is 11. The third-order valence-electron chi connectivity index (χ3n) is 8.85. The molecule has 2 aliphatic rings. The van der Waals surface area contributed by atoms with Crippen LogP contribution < -0.4 is 10.1 Å². The molecule has 2 heterocycles. The lowest BCUT2D eigenvalue weighted by molar-refractivity contribution is 0.0332. The average Bonchev–Trinajstić information content (AvgIpc) is 3.09. The molecule has 1 N–H and O–H groups in total. The van der Waals surface area contributed by atoms with Crippen molar-refractivity contribution in [2.24, 2.45) is 0 Å². The number of carbonyl (C=O) groups excluding carboxylic acids is 1. The quantitative estimate of drug-likeness (QED) is 0.227. The Balaban J connectivity index is 1.02. The number of nitrogens with zero attached hydrogens (tertiary/aromatic N) is 2. The molecule has 0 radical (unpaired) electrons. The first-order chi connectivity index (χ1) is 21.7. The second-order valence-electron chi connectivity index (χ2n) is 11.9. The summed E-state index contributed by atoms with van der Waals surface area (Å²) in [4.78, 5) is 18.2. The molecule has 0 aromatic heterocycles. The maximum atomic E-state index is 13.3. The zero-order valence-corrected chi connectivity index (χ0v) is 25.4. The molecule has 4 aromatic rings. The fraction of sp³-hybridized carbons (Fsp3) is 0.342. The number of nitrogens with one attached hydrogen (secondary N) is 1. The first kappa shape index (κ1) is 30.1. The summed E-state index contributed by atoms with van der Waals surface area (Å²) in [6.45, 7) is 7.00. The number of hydrogen-bond acceptors (Lipinski definition) is 5. The highest BCUT2D eigenvalue weighted by Gasteiger charge is 2.25. The van der Waals surface area contributed by atoms with Gasteiger partial charge < -0.3 is 19.7 Å². The highest BCUT2D eigenvalue weighted by molar-refractivity contribution is 5.94. The minimum atomic E-state index is -0.0914. The van der Waals surface area contributed by atoms with E-state index in [4.69, 9.17) is 9.47 Å². The second-order valence-corrected chi connectivity index (χ2v) is 11.9. The van der Waals surface area contributed by atoms with Crippen LogP contribution in [-0.4, -0.2) is 74.3 Å². The van der Waals surface area contributed by atoms with E-state index in [9.17, 15) is 4.79 Å². The summed E-state index contributed by atoms with van der Waals surface area (Å²) in [7, 11) is 0. The van der Waals surface area contributed by atoms with Gasteiger partial charge in [0.2, 0.25) is 0 Å². The predicted molar refractivity (Wildman–Crippen MR) is 175 cm³/mol. The second kappa shape index (κ2) is 15.2. The van der Waals surface area contributed by atoms with Gasteiger partial charge >= 0.3 is 0 Å². The van der Waals surface area contributed by atoms with Gasteiger partial charge in [-0.05, 0) is 53.8 Å².